The van der Waals surface area contributed by atoms with E-state index in [1.54, 1.807) is 0 Å². The molecule has 1 unspecified atom stereocenters. The first-order chi connectivity index (χ1) is 6.98. The zero-order valence-corrected chi connectivity index (χ0v) is 10.7. The molecule has 0 spiro atoms. The number of nitrogens with zero attached hydrogens (tertiary/aromatic N) is 2. The Morgan fingerprint density at radius 3 is 2.87 bits per heavy atom. The topological polar surface area (TPSA) is 3.24 Å². The normalized spacial score (nSPS) is 46.1. The van der Waals surface area contributed by atoms with Crippen molar-refractivity contribution < 1.29 is 4.48 Å². The van der Waals surface area contributed by atoms with Gasteiger partial charge in [-0.25, -0.2) is 0 Å². The zero-order valence-electron chi connectivity index (χ0n) is 10.7. The monoisotopic (exact) mass is 209 g/mol. The van der Waals surface area contributed by atoms with Crippen molar-refractivity contribution in [1.82, 2.24) is 4.90 Å². The van der Waals surface area contributed by atoms with Crippen LogP contribution in [0.2, 0.25) is 0 Å². The van der Waals surface area contributed by atoms with Crippen molar-refractivity contribution in [2.24, 2.45) is 5.92 Å². The van der Waals surface area contributed by atoms with Crippen LogP contribution in [-0.2, 0) is 0 Å². The van der Waals surface area contributed by atoms with E-state index >= 15 is 0 Å². The molecule has 0 amide bonds. The van der Waals surface area contributed by atoms with E-state index in [9.17, 15) is 0 Å². The lowest BCUT2D eigenvalue weighted by Gasteiger charge is -2.47. The number of fused-ring (bicyclic) bond motifs is 1. The van der Waals surface area contributed by atoms with E-state index < -0.39 is 0 Å². The van der Waals surface area contributed by atoms with Crippen molar-refractivity contribution >= 4 is 0 Å². The van der Waals surface area contributed by atoms with Crippen LogP contribution in [0.1, 0.15) is 39.5 Å². The molecule has 2 heteroatoms. The highest BCUT2D eigenvalue weighted by Gasteiger charge is 2.49. The highest BCUT2D eigenvalue weighted by atomic mass is 15.5. The molecule has 0 aromatic rings. The van der Waals surface area contributed by atoms with E-state index in [4.69, 9.17) is 0 Å². The molecule has 0 saturated carbocycles. The summed E-state index contributed by atoms with van der Waals surface area (Å²) in [6, 6.07) is 0. The first-order valence-corrected chi connectivity index (χ1v) is 6.25. The van der Waals surface area contributed by atoms with Crippen molar-refractivity contribution in [3.63, 3.8) is 0 Å². The van der Waals surface area contributed by atoms with Gasteiger partial charge in [0.25, 0.3) is 0 Å². The minimum atomic E-state index is 0.306. The summed E-state index contributed by atoms with van der Waals surface area (Å²) in [6.45, 7) is 6.11. The average molecular weight is 209 g/mol. The van der Waals surface area contributed by atoms with E-state index in [1.165, 1.54) is 32.2 Å². The molecule has 0 radical (unpaired) electrons. The summed E-state index contributed by atoms with van der Waals surface area (Å²) in [5.74, 6) is 0.906. The van der Waals surface area contributed by atoms with Gasteiger partial charge in [0.2, 0.25) is 0 Å². The smallest absolute Gasteiger partial charge is 0.175 e. The van der Waals surface area contributed by atoms with Crippen molar-refractivity contribution in [3.8, 4) is 0 Å². The van der Waals surface area contributed by atoms with Crippen molar-refractivity contribution in [1.29, 1.82) is 0 Å². The van der Waals surface area contributed by atoms with Gasteiger partial charge in [-0.3, -0.25) is 4.48 Å². The van der Waals surface area contributed by atoms with Crippen LogP contribution in [0.3, 0.4) is 0 Å². The Labute approximate surface area is 94.1 Å². The lowest BCUT2D eigenvalue weighted by molar-refractivity contribution is -0.917. The van der Waals surface area contributed by atoms with Crippen LogP contribution >= 0.6 is 0 Å². The molecule has 0 aromatic heterocycles. The molecule has 2 rings (SSSR count). The average Bonchev–Trinajstić information content (AvgIpc) is 2.39. The van der Waals surface area contributed by atoms with Gasteiger partial charge in [0, 0.05) is 20.4 Å². The summed E-state index contributed by atoms with van der Waals surface area (Å²) in [6.07, 6.45) is 10.1. The van der Waals surface area contributed by atoms with Crippen LogP contribution in [0.5, 0.6) is 0 Å². The van der Waals surface area contributed by atoms with Gasteiger partial charge < -0.3 is 4.90 Å². The predicted molar refractivity (Wildman–Crippen MR) is 64.0 cm³/mol. The fourth-order valence-corrected chi connectivity index (χ4v) is 3.09. The Morgan fingerprint density at radius 2 is 2.13 bits per heavy atom. The van der Waals surface area contributed by atoms with Crippen molar-refractivity contribution in [3.05, 3.63) is 12.4 Å². The maximum absolute atomic E-state index is 2.42. The van der Waals surface area contributed by atoms with Gasteiger partial charge in [0.1, 0.15) is 6.20 Å². The Hall–Kier alpha value is -0.500. The molecule has 2 aliphatic heterocycles. The van der Waals surface area contributed by atoms with Crippen LogP contribution < -0.4 is 0 Å². The number of rotatable bonds is 0. The van der Waals surface area contributed by atoms with Gasteiger partial charge >= 0.3 is 0 Å². The summed E-state index contributed by atoms with van der Waals surface area (Å²) >= 11 is 0. The zero-order chi connectivity index (χ0) is 11.1. The molecule has 2 heterocycles. The molecule has 0 aliphatic carbocycles. The Morgan fingerprint density at radius 1 is 1.40 bits per heavy atom. The minimum absolute atomic E-state index is 0.306. The molecule has 86 valence electrons. The molecule has 0 bridgehead atoms. The Balaban J connectivity index is 2.23. The highest BCUT2D eigenvalue weighted by molar-refractivity contribution is 4.94. The van der Waals surface area contributed by atoms with Gasteiger partial charge in [0.15, 0.2) is 5.66 Å². The highest BCUT2D eigenvalue weighted by Crippen LogP contribution is 2.39. The summed E-state index contributed by atoms with van der Waals surface area (Å²) in [5.41, 5.74) is 0.306. The number of hydrogen-bond acceptors (Lipinski definition) is 1. The summed E-state index contributed by atoms with van der Waals surface area (Å²) < 4.78 is 1.10. The lowest BCUT2D eigenvalue weighted by atomic mass is 9.90. The molecule has 15 heavy (non-hydrogen) atoms. The first-order valence-electron chi connectivity index (χ1n) is 6.25. The summed E-state index contributed by atoms with van der Waals surface area (Å²) in [4.78, 5) is 2.42. The van der Waals surface area contributed by atoms with E-state index in [0.29, 0.717) is 5.66 Å². The van der Waals surface area contributed by atoms with Crippen LogP contribution in [0.4, 0.5) is 0 Å². The second-order valence-corrected chi connectivity index (χ2v) is 5.90. The summed E-state index contributed by atoms with van der Waals surface area (Å²) in [7, 11) is 4.61. The van der Waals surface area contributed by atoms with Crippen molar-refractivity contribution in [2.75, 3.05) is 20.6 Å². The van der Waals surface area contributed by atoms with Crippen LogP contribution in [-0.4, -0.2) is 35.7 Å². The fourth-order valence-electron chi connectivity index (χ4n) is 3.09. The third-order valence-electron chi connectivity index (χ3n) is 4.91. The SMILES string of the molecule is C[C@H]1CCC[C@]2(C)N(C)C=C[N+]2(C)CC1. The third kappa shape index (κ3) is 1.59. The Bertz CT molecular complexity index is 274. The first kappa shape index (κ1) is 11.0. The van der Waals surface area contributed by atoms with Crippen LogP contribution in [0.25, 0.3) is 0 Å². The molecular weight excluding hydrogens is 184 g/mol. The molecule has 1 saturated heterocycles. The molecular formula is C13H25N2+. The van der Waals surface area contributed by atoms with E-state index in [1.807, 2.05) is 0 Å². The van der Waals surface area contributed by atoms with E-state index in [2.05, 4.69) is 45.2 Å². The van der Waals surface area contributed by atoms with Gasteiger partial charge in [-0.05, 0) is 18.8 Å². The lowest BCUT2D eigenvalue weighted by Crippen LogP contribution is -2.61. The van der Waals surface area contributed by atoms with Crippen LogP contribution in [0.15, 0.2) is 12.4 Å². The largest absolute Gasteiger partial charge is 0.325 e. The van der Waals surface area contributed by atoms with E-state index in [0.717, 1.165) is 10.4 Å². The quantitative estimate of drug-likeness (QED) is 0.555. The third-order valence-corrected chi connectivity index (χ3v) is 4.91. The predicted octanol–water partition coefficient (Wildman–Crippen LogP) is 2.78. The minimum Gasteiger partial charge on any atom is -0.325 e. The molecule has 0 aromatic carbocycles. The molecule has 0 N–H and O–H groups in total. The second kappa shape index (κ2) is 3.51. The van der Waals surface area contributed by atoms with Gasteiger partial charge in [-0.2, -0.15) is 0 Å². The molecule has 3 atom stereocenters. The van der Waals surface area contributed by atoms with E-state index in [-0.39, 0.29) is 0 Å². The van der Waals surface area contributed by atoms with Crippen LogP contribution in [0, 0.1) is 5.92 Å². The van der Waals surface area contributed by atoms with Gasteiger partial charge in [0.05, 0.1) is 19.8 Å². The fraction of sp³-hybridized carbons (Fsp3) is 0.846. The van der Waals surface area contributed by atoms with Gasteiger partial charge in [-0.15, -0.1) is 0 Å². The van der Waals surface area contributed by atoms with Gasteiger partial charge in [-0.1, -0.05) is 13.3 Å². The number of hydrogen-bond donors (Lipinski definition) is 0. The van der Waals surface area contributed by atoms with Crippen molar-refractivity contribution in [2.45, 2.75) is 45.2 Å². The second-order valence-electron chi connectivity index (χ2n) is 5.90. The maximum atomic E-state index is 2.42. The summed E-state index contributed by atoms with van der Waals surface area (Å²) in [5, 5.41) is 0. The number of quaternary nitrogens is 1. The Kier molecular flexibility index (Phi) is 2.58. The molecule has 2 nitrogen and oxygen atoms in total. The maximum Gasteiger partial charge on any atom is 0.175 e. The molecule has 2 aliphatic rings. The molecule has 1 fully saturated rings. The standard InChI is InChI=1S/C13H25N2/c1-12-6-5-8-13(2)14(3)9-11-15(13,4)10-7-12/h9,11-12H,5-8,10H2,1-4H3/q+1/t12-,13+,15?/m0/s1.